The second-order valence-electron chi connectivity index (χ2n) is 4.23. The summed E-state index contributed by atoms with van der Waals surface area (Å²) in [6.07, 6.45) is 3.65. The van der Waals surface area contributed by atoms with Crippen LogP contribution >= 0.6 is 0 Å². The van der Waals surface area contributed by atoms with E-state index < -0.39 is 0 Å². The first kappa shape index (κ1) is 13.8. The van der Waals surface area contributed by atoms with Gasteiger partial charge in [0.1, 0.15) is 11.5 Å². The maximum atomic E-state index is 9.70. The van der Waals surface area contributed by atoms with Crippen LogP contribution < -0.4 is 9.47 Å². The Morgan fingerprint density at radius 3 is 2.25 bits per heavy atom. The molecule has 0 saturated heterocycles. The van der Waals surface area contributed by atoms with Crippen molar-refractivity contribution in [3.8, 4) is 23.0 Å². The second kappa shape index (κ2) is 6.02. The Bertz CT molecular complexity index is 632. The molecule has 0 bridgehead atoms. The monoisotopic (exact) mass is 272 g/mol. The fourth-order valence-electron chi connectivity index (χ4n) is 1.82. The first-order valence-electron chi connectivity index (χ1n) is 6.05. The fourth-order valence-corrected chi connectivity index (χ4v) is 1.82. The van der Waals surface area contributed by atoms with Gasteiger partial charge in [-0.05, 0) is 35.4 Å². The lowest BCUT2D eigenvalue weighted by molar-refractivity contribution is 0.373. The number of phenolic OH excluding ortho intramolecular Hbond substituents is 2. The Labute approximate surface area is 117 Å². The Hall–Kier alpha value is -2.62. The van der Waals surface area contributed by atoms with Crippen LogP contribution in [-0.4, -0.2) is 24.4 Å². The van der Waals surface area contributed by atoms with Crippen molar-refractivity contribution in [3.63, 3.8) is 0 Å². The van der Waals surface area contributed by atoms with Crippen LogP contribution in [0.4, 0.5) is 0 Å². The molecule has 4 heteroatoms. The largest absolute Gasteiger partial charge is 0.508 e. The summed E-state index contributed by atoms with van der Waals surface area (Å²) in [5, 5.41) is 19.3. The molecule has 0 atom stereocenters. The number of benzene rings is 2. The summed E-state index contributed by atoms with van der Waals surface area (Å²) in [7, 11) is 3.05. The quantitative estimate of drug-likeness (QED) is 0.838. The molecule has 2 aromatic rings. The average molecular weight is 272 g/mol. The minimum absolute atomic E-state index is 0.0862. The molecule has 0 aliphatic carbocycles. The molecule has 2 aromatic carbocycles. The summed E-state index contributed by atoms with van der Waals surface area (Å²) in [4.78, 5) is 0. The molecule has 0 aromatic heterocycles. The molecule has 104 valence electrons. The fraction of sp³-hybridized carbons (Fsp3) is 0.125. The maximum absolute atomic E-state index is 9.70. The number of aromatic hydroxyl groups is 2. The van der Waals surface area contributed by atoms with Gasteiger partial charge in [-0.2, -0.15) is 0 Å². The summed E-state index contributed by atoms with van der Waals surface area (Å²) in [6.45, 7) is 0. The Morgan fingerprint density at radius 1 is 0.850 bits per heavy atom. The third-order valence-corrected chi connectivity index (χ3v) is 2.82. The molecular formula is C16H16O4. The van der Waals surface area contributed by atoms with E-state index >= 15 is 0 Å². The third-order valence-electron chi connectivity index (χ3n) is 2.82. The number of hydrogen-bond acceptors (Lipinski definition) is 4. The molecule has 0 fully saturated rings. The maximum Gasteiger partial charge on any atom is 0.160 e. The minimum Gasteiger partial charge on any atom is -0.508 e. The van der Waals surface area contributed by atoms with Crippen LogP contribution in [0.3, 0.4) is 0 Å². The molecule has 0 amide bonds. The van der Waals surface area contributed by atoms with E-state index in [0.717, 1.165) is 11.1 Å². The Kier molecular flexibility index (Phi) is 4.15. The summed E-state index contributed by atoms with van der Waals surface area (Å²) in [5.41, 5.74) is 1.63. The van der Waals surface area contributed by atoms with Crippen molar-refractivity contribution in [1.29, 1.82) is 0 Å². The van der Waals surface area contributed by atoms with E-state index in [2.05, 4.69) is 0 Å². The van der Waals surface area contributed by atoms with Gasteiger partial charge in [0.25, 0.3) is 0 Å². The van der Waals surface area contributed by atoms with Gasteiger partial charge >= 0.3 is 0 Å². The van der Waals surface area contributed by atoms with Crippen molar-refractivity contribution in [3.05, 3.63) is 47.5 Å². The number of phenols is 2. The lowest BCUT2D eigenvalue weighted by atomic mass is 10.1. The van der Waals surface area contributed by atoms with Crippen LogP contribution in [0.15, 0.2) is 36.4 Å². The molecular weight excluding hydrogens is 256 g/mol. The topological polar surface area (TPSA) is 58.9 Å². The average Bonchev–Trinajstić information content (AvgIpc) is 2.44. The lowest BCUT2D eigenvalue weighted by Crippen LogP contribution is -1.84. The summed E-state index contributed by atoms with van der Waals surface area (Å²) in [6, 6.07) is 10.1. The van der Waals surface area contributed by atoms with Crippen molar-refractivity contribution in [2.24, 2.45) is 0 Å². The summed E-state index contributed by atoms with van der Waals surface area (Å²) >= 11 is 0. The molecule has 0 unspecified atom stereocenters. The van der Waals surface area contributed by atoms with Crippen LogP contribution in [0.1, 0.15) is 11.1 Å². The highest BCUT2D eigenvalue weighted by molar-refractivity contribution is 5.72. The van der Waals surface area contributed by atoms with Gasteiger partial charge in [0, 0.05) is 6.07 Å². The predicted molar refractivity (Wildman–Crippen MR) is 78.2 cm³/mol. The predicted octanol–water partition coefficient (Wildman–Crippen LogP) is 3.29. The third kappa shape index (κ3) is 3.23. The van der Waals surface area contributed by atoms with Crippen molar-refractivity contribution in [1.82, 2.24) is 0 Å². The van der Waals surface area contributed by atoms with Gasteiger partial charge in [0.05, 0.1) is 14.2 Å². The van der Waals surface area contributed by atoms with E-state index in [4.69, 9.17) is 9.47 Å². The van der Waals surface area contributed by atoms with Gasteiger partial charge in [0.15, 0.2) is 11.5 Å². The highest BCUT2D eigenvalue weighted by Crippen LogP contribution is 2.27. The first-order chi connectivity index (χ1) is 9.62. The number of hydrogen-bond donors (Lipinski definition) is 2. The van der Waals surface area contributed by atoms with Crippen LogP contribution in [0, 0.1) is 0 Å². The van der Waals surface area contributed by atoms with Gasteiger partial charge in [-0.3, -0.25) is 0 Å². The number of rotatable bonds is 4. The van der Waals surface area contributed by atoms with E-state index in [1.807, 2.05) is 18.2 Å². The van der Waals surface area contributed by atoms with Crippen molar-refractivity contribution in [2.75, 3.05) is 14.2 Å². The van der Waals surface area contributed by atoms with Gasteiger partial charge in [-0.1, -0.05) is 18.2 Å². The van der Waals surface area contributed by atoms with Crippen molar-refractivity contribution in [2.45, 2.75) is 0 Å². The number of methoxy groups -OCH3 is 2. The van der Waals surface area contributed by atoms with E-state index in [-0.39, 0.29) is 11.5 Å². The van der Waals surface area contributed by atoms with E-state index in [1.165, 1.54) is 13.2 Å². The zero-order valence-corrected chi connectivity index (χ0v) is 11.3. The molecule has 2 N–H and O–H groups in total. The molecule has 0 heterocycles. The molecule has 20 heavy (non-hydrogen) atoms. The van der Waals surface area contributed by atoms with Gasteiger partial charge in [-0.25, -0.2) is 0 Å². The number of ether oxygens (including phenoxy) is 2. The van der Waals surface area contributed by atoms with Crippen LogP contribution in [0.25, 0.3) is 12.2 Å². The zero-order chi connectivity index (χ0) is 14.5. The zero-order valence-electron chi connectivity index (χ0n) is 11.3. The molecule has 2 rings (SSSR count). The Morgan fingerprint density at radius 2 is 1.60 bits per heavy atom. The first-order valence-corrected chi connectivity index (χ1v) is 6.05. The van der Waals surface area contributed by atoms with E-state index in [0.29, 0.717) is 11.5 Å². The molecule has 0 radical (unpaired) electrons. The standard InChI is InChI=1S/C16H16O4/c1-19-14-8-12(7-13(17)10-14)4-3-11-5-6-16(20-2)15(18)9-11/h3-10,17-18H,1-2H3/b4-3+. The van der Waals surface area contributed by atoms with E-state index in [9.17, 15) is 10.2 Å². The smallest absolute Gasteiger partial charge is 0.160 e. The van der Waals surface area contributed by atoms with E-state index in [1.54, 1.807) is 31.4 Å². The van der Waals surface area contributed by atoms with Crippen molar-refractivity contribution >= 4 is 12.2 Å². The summed E-state index contributed by atoms with van der Waals surface area (Å²) in [5.74, 6) is 1.24. The Balaban J connectivity index is 2.25. The van der Waals surface area contributed by atoms with Gasteiger partial charge in [-0.15, -0.1) is 0 Å². The second-order valence-corrected chi connectivity index (χ2v) is 4.23. The van der Waals surface area contributed by atoms with Gasteiger partial charge in [0.2, 0.25) is 0 Å². The van der Waals surface area contributed by atoms with Crippen molar-refractivity contribution < 1.29 is 19.7 Å². The molecule has 0 aliphatic rings. The minimum atomic E-state index is 0.0862. The summed E-state index contributed by atoms with van der Waals surface area (Å²) < 4.78 is 10.1. The van der Waals surface area contributed by atoms with Crippen LogP contribution in [-0.2, 0) is 0 Å². The normalized spacial score (nSPS) is 10.7. The highest BCUT2D eigenvalue weighted by atomic mass is 16.5. The highest BCUT2D eigenvalue weighted by Gasteiger charge is 2.01. The molecule has 0 spiro atoms. The molecule has 0 saturated carbocycles. The SMILES string of the molecule is COc1cc(O)cc(/C=C/c2ccc(OC)c(O)c2)c1. The van der Waals surface area contributed by atoms with Gasteiger partial charge < -0.3 is 19.7 Å². The lowest BCUT2D eigenvalue weighted by Gasteiger charge is -2.04. The van der Waals surface area contributed by atoms with Crippen LogP contribution in [0.2, 0.25) is 0 Å². The molecule has 0 aliphatic heterocycles. The van der Waals surface area contributed by atoms with Crippen LogP contribution in [0.5, 0.6) is 23.0 Å². The molecule has 4 nitrogen and oxygen atoms in total.